The molecule has 5 heteroatoms. The standard InChI is InChI=1S/C13H17N3O2/c1-16-8-7-15-13(16)11(14)9-5-4-6-10(17-2)12(9)18-3/h4-8,11H,14H2,1-3H3. The minimum Gasteiger partial charge on any atom is -0.493 e. The van der Waals surface area contributed by atoms with Crippen molar-refractivity contribution >= 4 is 0 Å². The number of imidazole rings is 1. The van der Waals surface area contributed by atoms with E-state index in [2.05, 4.69) is 4.98 Å². The van der Waals surface area contributed by atoms with Gasteiger partial charge in [0.2, 0.25) is 0 Å². The van der Waals surface area contributed by atoms with Crippen LogP contribution in [0.4, 0.5) is 0 Å². The summed E-state index contributed by atoms with van der Waals surface area (Å²) in [5.41, 5.74) is 7.10. The fraction of sp³-hybridized carbons (Fsp3) is 0.308. The molecule has 1 aromatic heterocycles. The molecule has 0 aliphatic heterocycles. The van der Waals surface area contributed by atoms with E-state index in [4.69, 9.17) is 15.2 Å². The van der Waals surface area contributed by atoms with Crippen molar-refractivity contribution < 1.29 is 9.47 Å². The summed E-state index contributed by atoms with van der Waals surface area (Å²) >= 11 is 0. The summed E-state index contributed by atoms with van der Waals surface area (Å²) in [7, 11) is 5.12. The monoisotopic (exact) mass is 247 g/mol. The van der Waals surface area contributed by atoms with Crippen LogP contribution in [0.15, 0.2) is 30.6 Å². The summed E-state index contributed by atoms with van der Waals surface area (Å²) in [6.45, 7) is 0. The van der Waals surface area contributed by atoms with Gasteiger partial charge in [-0.2, -0.15) is 0 Å². The number of benzene rings is 1. The number of rotatable bonds is 4. The lowest BCUT2D eigenvalue weighted by molar-refractivity contribution is 0.350. The van der Waals surface area contributed by atoms with Gasteiger partial charge in [0.1, 0.15) is 5.82 Å². The van der Waals surface area contributed by atoms with Gasteiger partial charge in [-0.25, -0.2) is 4.98 Å². The van der Waals surface area contributed by atoms with Crippen molar-refractivity contribution in [1.82, 2.24) is 9.55 Å². The van der Waals surface area contributed by atoms with Crippen molar-refractivity contribution in [2.45, 2.75) is 6.04 Å². The summed E-state index contributed by atoms with van der Waals surface area (Å²) in [5, 5.41) is 0. The van der Waals surface area contributed by atoms with Crippen LogP contribution in [-0.2, 0) is 7.05 Å². The van der Waals surface area contributed by atoms with Gasteiger partial charge >= 0.3 is 0 Å². The number of nitrogens with zero attached hydrogens (tertiary/aromatic N) is 2. The van der Waals surface area contributed by atoms with Crippen molar-refractivity contribution in [3.63, 3.8) is 0 Å². The molecule has 0 aliphatic rings. The molecule has 0 bridgehead atoms. The fourth-order valence-corrected chi connectivity index (χ4v) is 1.97. The first kappa shape index (κ1) is 12.4. The van der Waals surface area contributed by atoms with Crippen LogP contribution in [0.3, 0.4) is 0 Å². The van der Waals surface area contributed by atoms with Crippen molar-refractivity contribution in [3.05, 3.63) is 42.0 Å². The first-order valence-corrected chi connectivity index (χ1v) is 5.62. The zero-order chi connectivity index (χ0) is 13.1. The molecule has 0 amide bonds. The van der Waals surface area contributed by atoms with Gasteiger partial charge < -0.3 is 19.8 Å². The van der Waals surface area contributed by atoms with Crippen LogP contribution in [0.25, 0.3) is 0 Å². The molecule has 0 spiro atoms. The molecule has 1 atom stereocenters. The maximum absolute atomic E-state index is 6.24. The number of aryl methyl sites for hydroxylation is 1. The number of nitrogens with two attached hydrogens (primary N) is 1. The first-order valence-electron chi connectivity index (χ1n) is 5.62. The highest BCUT2D eigenvalue weighted by Crippen LogP contribution is 2.35. The normalized spacial score (nSPS) is 12.2. The van der Waals surface area contributed by atoms with E-state index in [0.717, 1.165) is 11.4 Å². The molecule has 96 valence electrons. The molecule has 0 aliphatic carbocycles. The topological polar surface area (TPSA) is 62.3 Å². The molecule has 18 heavy (non-hydrogen) atoms. The Labute approximate surface area is 106 Å². The molecule has 1 aromatic carbocycles. The maximum Gasteiger partial charge on any atom is 0.165 e. The number of ether oxygens (including phenoxy) is 2. The third kappa shape index (κ3) is 2.04. The van der Waals surface area contributed by atoms with Gasteiger partial charge in [-0.15, -0.1) is 0 Å². The molecule has 0 saturated carbocycles. The summed E-state index contributed by atoms with van der Waals surface area (Å²) in [6, 6.07) is 5.29. The molecular formula is C13H17N3O2. The predicted molar refractivity (Wildman–Crippen MR) is 68.8 cm³/mol. The number of hydrogen-bond acceptors (Lipinski definition) is 4. The quantitative estimate of drug-likeness (QED) is 0.889. The molecule has 0 radical (unpaired) electrons. The second-order valence-electron chi connectivity index (χ2n) is 3.96. The van der Waals surface area contributed by atoms with E-state index in [-0.39, 0.29) is 6.04 Å². The zero-order valence-electron chi connectivity index (χ0n) is 10.8. The first-order chi connectivity index (χ1) is 8.69. The largest absolute Gasteiger partial charge is 0.493 e. The Morgan fingerprint density at radius 3 is 2.61 bits per heavy atom. The van der Waals surface area contributed by atoms with E-state index in [1.807, 2.05) is 36.0 Å². The predicted octanol–water partition coefficient (Wildman–Crippen LogP) is 1.49. The molecule has 2 rings (SSSR count). The van der Waals surface area contributed by atoms with Gasteiger partial charge in [0.25, 0.3) is 0 Å². The lowest BCUT2D eigenvalue weighted by atomic mass is 10.1. The third-order valence-electron chi connectivity index (χ3n) is 2.91. The van der Waals surface area contributed by atoms with Crippen molar-refractivity contribution in [3.8, 4) is 11.5 Å². The lowest BCUT2D eigenvalue weighted by Crippen LogP contribution is -2.17. The van der Waals surface area contributed by atoms with Gasteiger partial charge in [0.05, 0.1) is 20.3 Å². The van der Waals surface area contributed by atoms with E-state index < -0.39 is 0 Å². The molecule has 2 N–H and O–H groups in total. The van der Waals surface area contributed by atoms with Crippen molar-refractivity contribution in [2.24, 2.45) is 12.8 Å². The molecule has 2 aromatic rings. The van der Waals surface area contributed by atoms with Crippen molar-refractivity contribution in [2.75, 3.05) is 14.2 Å². The van der Waals surface area contributed by atoms with E-state index >= 15 is 0 Å². The molecule has 1 unspecified atom stereocenters. The highest BCUT2D eigenvalue weighted by atomic mass is 16.5. The molecule has 0 fully saturated rings. The summed E-state index contributed by atoms with van der Waals surface area (Å²) in [4.78, 5) is 4.26. The Kier molecular flexibility index (Phi) is 3.53. The van der Waals surface area contributed by atoms with Gasteiger partial charge in [-0.05, 0) is 6.07 Å². The Morgan fingerprint density at radius 2 is 2.06 bits per heavy atom. The van der Waals surface area contributed by atoms with Gasteiger partial charge in [0, 0.05) is 25.0 Å². The van der Waals surface area contributed by atoms with E-state index in [0.29, 0.717) is 11.5 Å². The van der Waals surface area contributed by atoms with Gasteiger partial charge in [-0.1, -0.05) is 12.1 Å². The second kappa shape index (κ2) is 5.10. The number of para-hydroxylation sites is 1. The summed E-state index contributed by atoms with van der Waals surface area (Å²) in [5.74, 6) is 2.09. The highest BCUT2D eigenvalue weighted by molar-refractivity contribution is 5.49. The minimum atomic E-state index is -0.352. The second-order valence-corrected chi connectivity index (χ2v) is 3.96. The Morgan fingerprint density at radius 1 is 1.28 bits per heavy atom. The van der Waals surface area contributed by atoms with Gasteiger partial charge in [0.15, 0.2) is 11.5 Å². The zero-order valence-corrected chi connectivity index (χ0v) is 10.8. The van der Waals surface area contributed by atoms with E-state index in [1.54, 1.807) is 20.4 Å². The van der Waals surface area contributed by atoms with Crippen LogP contribution in [0, 0.1) is 0 Å². The van der Waals surface area contributed by atoms with E-state index in [9.17, 15) is 0 Å². The third-order valence-corrected chi connectivity index (χ3v) is 2.91. The minimum absolute atomic E-state index is 0.352. The van der Waals surface area contributed by atoms with Crippen LogP contribution in [0.2, 0.25) is 0 Å². The Bertz CT molecular complexity index is 537. The van der Waals surface area contributed by atoms with Crippen LogP contribution >= 0.6 is 0 Å². The SMILES string of the molecule is COc1cccc(C(N)c2nccn2C)c1OC. The lowest BCUT2D eigenvalue weighted by Gasteiger charge is -2.17. The Hall–Kier alpha value is -2.01. The average Bonchev–Trinajstić information content (AvgIpc) is 2.83. The number of aromatic nitrogens is 2. The fourth-order valence-electron chi connectivity index (χ4n) is 1.97. The molecular weight excluding hydrogens is 230 g/mol. The Balaban J connectivity index is 2.48. The van der Waals surface area contributed by atoms with Crippen LogP contribution < -0.4 is 15.2 Å². The molecule has 0 saturated heterocycles. The van der Waals surface area contributed by atoms with E-state index in [1.165, 1.54) is 0 Å². The average molecular weight is 247 g/mol. The van der Waals surface area contributed by atoms with Crippen molar-refractivity contribution in [1.29, 1.82) is 0 Å². The van der Waals surface area contributed by atoms with Gasteiger partial charge in [-0.3, -0.25) is 0 Å². The summed E-state index contributed by atoms with van der Waals surface area (Å²) in [6.07, 6.45) is 3.59. The molecule has 5 nitrogen and oxygen atoms in total. The van der Waals surface area contributed by atoms with Crippen LogP contribution in [0.5, 0.6) is 11.5 Å². The molecule has 1 heterocycles. The maximum atomic E-state index is 6.24. The van der Waals surface area contributed by atoms with Crippen LogP contribution in [0.1, 0.15) is 17.4 Å². The number of methoxy groups -OCH3 is 2. The highest BCUT2D eigenvalue weighted by Gasteiger charge is 2.20. The number of hydrogen-bond donors (Lipinski definition) is 1. The smallest absolute Gasteiger partial charge is 0.165 e. The van der Waals surface area contributed by atoms with Crippen LogP contribution in [-0.4, -0.2) is 23.8 Å². The summed E-state index contributed by atoms with van der Waals surface area (Å²) < 4.78 is 12.5.